The minimum absolute atomic E-state index is 0.149. The molecule has 3 aromatic carbocycles. The van der Waals surface area contributed by atoms with E-state index in [9.17, 15) is 4.79 Å². The van der Waals surface area contributed by atoms with Gasteiger partial charge in [0.1, 0.15) is 4.32 Å². The lowest BCUT2D eigenvalue weighted by atomic mass is 10.1. The van der Waals surface area contributed by atoms with Crippen LogP contribution in [0.15, 0.2) is 90.0 Å². The number of carbonyl (C=O) groups is 1. The molecule has 1 aliphatic rings. The van der Waals surface area contributed by atoms with Gasteiger partial charge in [-0.05, 0) is 42.0 Å². The van der Waals surface area contributed by atoms with Gasteiger partial charge in [-0.15, -0.1) is 0 Å². The number of amides is 1. The second kappa shape index (κ2) is 9.76. The van der Waals surface area contributed by atoms with Gasteiger partial charge in [0.05, 0.1) is 22.8 Å². The molecule has 4 aromatic rings. The van der Waals surface area contributed by atoms with Gasteiger partial charge in [-0.25, -0.2) is 4.68 Å². The lowest BCUT2D eigenvalue weighted by Crippen LogP contribution is -2.27. The number of carbonyl (C=O) groups excluding carboxylic acids is 1. The van der Waals surface area contributed by atoms with Crippen molar-refractivity contribution in [3.63, 3.8) is 0 Å². The fraction of sp³-hybridized carbons (Fsp3) is 0.0385. The van der Waals surface area contributed by atoms with Crippen molar-refractivity contribution in [2.75, 3.05) is 0 Å². The molecule has 5 rings (SSSR count). The van der Waals surface area contributed by atoms with E-state index in [-0.39, 0.29) is 5.91 Å². The number of nitrogens with zero attached hydrogens (tertiary/aromatic N) is 3. The Kier molecular flexibility index (Phi) is 6.57. The number of benzene rings is 3. The van der Waals surface area contributed by atoms with Gasteiger partial charge in [0.25, 0.3) is 5.91 Å². The molecule has 4 nitrogen and oxygen atoms in total. The maximum absolute atomic E-state index is 13.3. The summed E-state index contributed by atoms with van der Waals surface area (Å²) in [6, 6.07) is 24.8. The first-order valence-corrected chi connectivity index (χ1v) is 12.4. The summed E-state index contributed by atoms with van der Waals surface area (Å²) in [5, 5.41) is 6.06. The van der Waals surface area contributed by atoms with E-state index in [0.29, 0.717) is 25.8 Å². The summed E-state index contributed by atoms with van der Waals surface area (Å²) in [4.78, 5) is 15.4. The van der Waals surface area contributed by atoms with E-state index in [1.165, 1.54) is 11.8 Å². The summed E-state index contributed by atoms with van der Waals surface area (Å²) >= 11 is 19.2. The highest BCUT2D eigenvalue weighted by Gasteiger charge is 2.32. The van der Waals surface area contributed by atoms with Gasteiger partial charge in [-0.2, -0.15) is 5.10 Å². The number of para-hydroxylation sites is 1. The van der Waals surface area contributed by atoms with Gasteiger partial charge >= 0.3 is 0 Å². The molecule has 0 atom stereocenters. The van der Waals surface area contributed by atoms with Crippen molar-refractivity contribution in [1.82, 2.24) is 14.7 Å². The molecule has 0 unspecified atom stereocenters. The number of thioether (sulfide) groups is 1. The molecule has 0 radical (unpaired) electrons. The van der Waals surface area contributed by atoms with Crippen LogP contribution in [0.25, 0.3) is 23.0 Å². The average Bonchev–Trinajstić information content (AvgIpc) is 3.38. The van der Waals surface area contributed by atoms with Crippen molar-refractivity contribution in [2.45, 2.75) is 6.54 Å². The largest absolute Gasteiger partial charge is 0.288 e. The van der Waals surface area contributed by atoms with Gasteiger partial charge < -0.3 is 0 Å². The molecule has 0 bridgehead atoms. The molecule has 34 heavy (non-hydrogen) atoms. The predicted molar refractivity (Wildman–Crippen MR) is 144 cm³/mol. The Morgan fingerprint density at radius 1 is 0.941 bits per heavy atom. The number of halogens is 2. The number of aromatic nitrogens is 2. The fourth-order valence-corrected chi connectivity index (χ4v) is 5.18. The van der Waals surface area contributed by atoms with E-state index in [1.54, 1.807) is 15.6 Å². The second-order valence-corrected chi connectivity index (χ2v) is 10.1. The molecule has 1 amide bonds. The Labute approximate surface area is 216 Å². The van der Waals surface area contributed by atoms with Gasteiger partial charge in [-0.3, -0.25) is 9.69 Å². The Balaban J connectivity index is 1.52. The number of rotatable bonds is 5. The molecule has 0 spiro atoms. The van der Waals surface area contributed by atoms with Crippen LogP contribution >= 0.6 is 47.2 Å². The summed E-state index contributed by atoms with van der Waals surface area (Å²) < 4.78 is 2.31. The predicted octanol–water partition coefficient (Wildman–Crippen LogP) is 7.25. The van der Waals surface area contributed by atoms with Crippen LogP contribution in [-0.4, -0.2) is 24.9 Å². The van der Waals surface area contributed by atoms with E-state index in [1.807, 2.05) is 85.1 Å². The van der Waals surface area contributed by atoms with Crippen molar-refractivity contribution in [3.8, 4) is 16.9 Å². The molecule has 0 N–H and O–H groups in total. The fourth-order valence-electron chi connectivity index (χ4n) is 3.61. The Hall–Kier alpha value is -2.90. The van der Waals surface area contributed by atoms with Gasteiger partial charge in [0.2, 0.25) is 0 Å². The molecule has 1 aromatic heterocycles. The molecule has 0 aliphatic carbocycles. The number of hydrogen-bond donors (Lipinski definition) is 0. The average molecular weight is 522 g/mol. The minimum Gasteiger partial charge on any atom is -0.288 e. The van der Waals surface area contributed by atoms with Crippen molar-refractivity contribution in [3.05, 3.63) is 111 Å². The quantitative estimate of drug-likeness (QED) is 0.205. The highest BCUT2D eigenvalue weighted by molar-refractivity contribution is 8.26. The van der Waals surface area contributed by atoms with E-state index >= 15 is 0 Å². The summed E-state index contributed by atoms with van der Waals surface area (Å²) in [7, 11) is 0. The minimum atomic E-state index is -0.149. The molecule has 8 heteroatoms. The molecule has 1 aliphatic heterocycles. The molecule has 1 fully saturated rings. The second-order valence-electron chi connectivity index (χ2n) is 7.58. The third-order valence-corrected chi connectivity index (χ3v) is 7.33. The highest BCUT2D eigenvalue weighted by atomic mass is 35.5. The highest BCUT2D eigenvalue weighted by Crippen LogP contribution is 2.36. The van der Waals surface area contributed by atoms with E-state index < -0.39 is 0 Å². The third-order valence-electron chi connectivity index (χ3n) is 5.33. The van der Waals surface area contributed by atoms with Crippen molar-refractivity contribution >= 4 is 63.5 Å². The van der Waals surface area contributed by atoms with Crippen LogP contribution in [0.4, 0.5) is 0 Å². The molecular formula is C26H17Cl2N3OS2. The van der Waals surface area contributed by atoms with Gasteiger partial charge in [0, 0.05) is 27.4 Å². The van der Waals surface area contributed by atoms with Gasteiger partial charge in [0.15, 0.2) is 0 Å². The van der Waals surface area contributed by atoms with Crippen LogP contribution in [-0.2, 0) is 11.3 Å². The monoisotopic (exact) mass is 521 g/mol. The first-order valence-electron chi connectivity index (χ1n) is 10.4. The summed E-state index contributed by atoms with van der Waals surface area (Å²) in [5.41, 5.74) is 4.22. The molecule has 1 saturated heterocycles. The van der Waals surface area contributed by atoms with Crippen molar-refractivity contribution in [1.29, 1.82) is 0 Å². The summed E-state index contributed by atoms with van der Waals surface area (Å²) in [6.07, 6.45) is 3.77. The first-order chi connectivity index (χ1) is 16.5. The summed E-state index contributed by atoms with van der Waals surface area (Å²) in [5.74, 6) is -0.149. The van der Waals surface area contributed by atoms with Crippen molar-refractivity contribution < 1.29 is 4.79 Å². The SMILES string of the molecule is O=C1/C(=C/c2cn(-c3ccccc3)nc2-c2ccc(Cl)cc2)SC(=S)N1Cc1ccccc1Cl. The molecule has 168 valence electrons. The normalized spacial score (nSPS) is 14.9. The zero-order valence-corrected chi connectivity index (χ0v) is 20.8. The van der Waals surface area contributed by atoms with Crippen LogP contribution in [0, 0.1) is 0 Å². The van der Waals surface area contributed by atoms with Crippen LogP contribution in [0.2, 0.25) is 10.0 Å². The van der Waals surface area contributed by atoms with Gasteiger partial charge in [-0.1, -0.05) is 95.7 Å². The number of hydrogen-bond acceptors (Lipinski definition) is 4. The van der Waals surface area contributed by atoms with Crippen LogP contribution in [0.3, 0.4) is 0 Å². The molecular weight excluding hydrogens is 505 g/mol. The third kappa shape index (κ3) is 4.68. The van der Waals surface area contributed by atoms with Crippen LogP contribution in [0.1, 0.15) is 11.1 Å². The molecule has 2 heterocycles. The summed E-state index contributed by atoms with van der Waals surface area (Å²) in [6.45, 7) is 0.328. The maximum Gasteiger partial charge on any atom is 0.266 e. The number of thiocarbonyl (C=S) groups is 1. The molecule has 0 saturated carbocycles. The Bertz CT molecular complexity index is 1420. The Morgan fingerprint density at radius 2 is 1.65 bits per heavy atom. The lowest BCUT2D eigenvalue weighted by molar-refractivity contribution is -0.122. The first kappa shape index (κ1) is 22.9. The maximum atomic E-state index is 13.3. The Morgan fingerprint density at radius 3 is 2.38 bits per heavy atom. The zero-order valence-electron chi connectivity index (χ0n) is 17.7. The van der Waals surface area contributed by atoms with E-state index in [4.69, 9.17) is 40.5 Å². The standard InChI is InChI=1S/C26H17Cl2N3OS2/c27-20-12-10-17(11-13-20)24-19(16-31(29-24)21-7-2-1-3-8-21)14-23-25(32)30(26(33)34-23)15-18-6-4-5-9-22(18)28/h1-14,16H,15H2/b23-14-. The smallest absolute Gasteiger partial charge is 0.266 e. The van der Waals surface area contributed by atoms with Crippen LogP contribution in [0.5, 0.6) is 0 Å². The van der Waals surface area contributed by atoms with Crippen LogP contribution < -0.4 is 0 Å². The van der Waals surface area contributed by atoms with E-state index in [2.05, 4.69) is 0 Å². The lowest BCUT2D eigenvalue weighted by Gasteiger charge is -2.15. The topological polar surface area (TPSA) is 38.1 Å². The van der Waals surface area contributed by atoms with E-state index in [0.717, 1.165) is 28.1 Å². The zero-order chi connectivity index (χ0) is 23.7. The van der Waals surface area contributed by atoms with Crippen molar-refractivity contribution in [2.24, 2.45) is 0 Å².